The van der Waals surface area contributed by atoms with Crippen LogP contribution in [0.3, 0.4) is 0 Å². The van der Waals surface area contributed by atoms with Crippen LogP contribution in [0.5, 0.6) is 5.75 Å². The van der Waals surface area contributed by atoms with E-state index in [1.54, 1.807) is 6.07 Å². The van der Waals surface area contributed by atoms with E-state index < -0.39 is 11.4 Å². The van der Waals surface area contributed by atoms with E-state index in [4.69, 9.17) is 9.84 Å². The number of ether oxygens (including phenoxy) is 1. The molecule has 0 bridgehead atoms. The zero-order chi connectivity index (χ0) is 29.0. The molecule has 40 heavy (non-hydrogen) atoms. The third-order valence-corrected chi connectivity index (χ3v) is 8.28. The lowest BCUT2D eigenvalue weighted by Crippen LogP contribution is -2.32. The fourth-order valence-corrected chi connectivity index (χ4v) is 6.43. The number of carboxylic acid groups (broad SMARTS) is 1. The van der Waals surface area contributed by atoms with Crippen molar-refractivity contribution < 1.29 is 24.5 Å². The van der Waals surface area contributed by atoms with E-state index in [-0.39, 0.29) is 36.7 Å². The first kappa shape index (κ1) is 30.1. The number of benzene rings is 2. The molecule has 8 nitrogen and oxygen atoms in total. The predicted octanol–water partition coefficient (Wildman–Crippen LogP) is 5.78. The molecule has 2 aliphatic rings. The lowest BCUT2D eigenvalue weighted by Gasteiger charge is -2.27. The molecule has 216 valence electrons. The molecule has 0 aromatic heterocycles. The number of hydrogen-bond acceptors (Lipinski definition) is 6. The number of halogens is 1. The zero-order valence-electron chi connectivity index (χ0n) is 23.8. The number of phenolic OH excluding ortho intramolecular Hbond substituents is 1. The number of phenols is 1. The summed E-state index contributed by atoms with van der Waals surface area (Å²) in [4.78, 5) is 28.9. The van der Waals surface area contributed by atoms with Crippen LogP contribution in [-0.2, 0) is 14.9 Å². The van der Waals surface area contributed by atoms with E-state index >= 15 is 0 Å². The quantitative estimate of drug-likeness (QED) is 0.328. The van der Waals surface area contributed by atoms with Crippen molar-refractivity contribution in [1.29, 1.82) is 0 Å². The first-order valence-corrected chi connectivity index (χ1v) is 14.7. The molecule has 2 aliphatic heterocycles. The summed E-state index contributed by atoms with van der Waals surface area (Å²) in [5.74, 6) is 0.436. The molecule has 2 heterocycles. The monoisotopic (exact) mass is 613 g/mol. The molecular formula is C31H40BrN3O5. The average Bonchev–Trinajstić information content (AvgIpc) is 3.52. The average molecular weight is 615 g/mol. The van der Waals surface area contributed by atoms with E-state index in [9.17, 15) is 14.7 Å². The van der Waals surface area contributed by atoms with Gasteiger partial charge in [-0.2, -0.15) is 4.02 Å². The number of carboxylic acids is 1. The third kappa shape index (κ3) is 6.69. The number of aromatic hydroxyl groups is 1. The summed E-state index contributed by atoms with van der Waals surface area (Å²) in [7, 11) is 0. The molecule has 2 fully saturated rings. The number of ketones is 1. The molecule has 2 aromatic carbocycles. The molecule has 1 unspecified atom stereocenters. The minimum Gasteiger partial charge on any atom is -0.505 e. The fraction of sp³-hybridized carbons (Fsp3) is 0.516. The van der Waals surface area contributed by atoms with Gasteiger partial charge in [-0.3, -0.25) is 4.79 Å². The van der Waals surface area contributed by atoms with E-state index in [2.05, 4.69) is 44.1 Å². The van der Waals surface area contributed by atoms with Gasteiger partial charge in [0.05, 0.1) is 34.5 Å². The Morgan fingerprint density at radius 3 is 2.50 bits per heavy atom. The largest absolute Gasteiger partial charge is 0.505 e. The maximum absolute atomic E-state index is 13.9. The van der Waals surface area contributed by atoms with Crippen LogP contribution in [0.4, 0.5) is 5.69 Å². The molecule has 0 amide bonds. The van der Waals surface area contributed by atoms with Gasteiger partial charge >= 0.3 is 5.97 Å². The SMILES string of the molecule is CCC[C@H]1CN(CC(=O)c2cc(N3CCC(OCC(=O)O)C3)c(O)c(C(C)(C)C)c2)/C(=N\Br)[C@@H]1c1ccccc1. The van der Waals surface area contributed by atoms with Crippen LogP contribution in [0, 0.1) is 5.92 Å². The second-order valence-electron chi connectivity index (χ2n) is 11.9. The summed E-state index contributed by atoms with van der Waals surface area (Å²) in [6.07, 6.45) is 2.48. The molecule has 4 rings (SSSR count). The Morgan fingerprint density at radius 1 is 1.15 bits per heavy atom. The van der Waals surface area contributed by atoms with Crippen LogP contribution >= 0.6 is 16.1 Å². The minimum absolute atomic E-state index is 0.0396. The number of hydrogen-bond donors (Lipinski definition) is 2. The van der Waals surface area contributed by atoms with Gasteiger partial charge < -0.3 is 24.7 Å². The number of aliphatic carboxylic acids is 1. The molecule has 9 heteroatoms. The molecule has 0 spiro atoms. The summed E-state index contributed by atoms with van der Waals surface area (Å²) < 4.78 is 10.0. The fourth-order valence-electron chi connectivity index (χ4n) is 5.98. The van der Waals surface area contributed by atoms with Crippen LogP contribution in [0.25, 0.3) is 0 Å². The van der Waals surface area contributed by atoms with Gasteiger partial charge in [0.1, 0.15) is 18.2 Å². The van der Waals surface area contributed by atoms with Gasteiger partial charge in [-0.05, 0) is 41.9 Å². The Bertz CT molecular complexity index is 1240. The molecule has 0 saturated carbocycles. The number of anilines is 1. The van der Waals surface area contributed by atoms with E-state index in [0.29, 0.717) is 42.2 Å². The van der Waals surface area contributed by atoms with E-state index in [1.807, 2.05) is 49.9 Å². The highest BCUT2D eigenvalue weighted by atomic mass is 79.9. The topological polar surface area (TPSA) is 103 Å². The van der Waals surface area contributed by atoms with Crippen molar-refractivity contribution in [2.24, 2.45) is 9.94 Å². The Balaban J connectivity index is 1.61. The highest BCUT2D eigenvalue weighted by Gasteiger charge is 2.40. The molecule has 2 aromatic rings. The van der Waals surface area contributed by atoms with Crippen LogP contribution in [-0.4, -0.2) is 71.6 Å². The number of nitrogens with zero attached hydrogens (tertiary/aromatic N) is 3. The maximum Gasteiger partial charge on any atom is 0.329 e. The zero-order valence-corrected chi connectivity index (χ0v) is 25.4. The Labute approximate surface area is 245 Å². The van der Waals surface area contributed by atoms with Crippen LogP contribution in [0.1, 0.15) is 74.4 Å². The molecule has 2 N–H and O–H groups in total. The number of likely N-dealkylation sites (tertiary alicyclic amines) is 1. The summed E-state index contributed by atoms with van der Waals surface area (Å²) in [5.41, 5.74) is 2.63. The Morgan fingerprint density at radius 2 is 1.88 bits per heavy atom. The number of carbonyl (C=O) groups excluding carboxylic acids is 1. The van der Waals surface area contributed by atoms with Gasteiger partial charge in [-0.15, -0.1) is 0 Å². The molecule has 0 aliphatic carbocycles. The normalized spacial score (nSPS) is 22.3. The second-order valence-corrected chi connectivity index (χ2v) is 12.2. The molecular weight excluding hydrogens is 574 g/mol. The van der Waals surface area contributed by atoms with Gasteiger partial charge in [0, 0.05) is 36.7 Å². The summed E-state index contributed by atoms with van der Waals surface area (Å²) in [5, 5.41) is 20.3. The van der Waals surface area contributed by atoms with E-state index in [0.717, 1.165) is 25.2 Å². The third-order valence-electron chi connectivity index (χ3n) is 7.92. The van der Waals surface area contributed by atoms with Crippen molar-refractivity contribution >= 4 is 39.4 Å². The van der Waals surface area contributed by atoms with Crippen molar-refractivity contribution in [2.45, 2.75) is 64.4 Å². The van der Waals surface area contributed by atoms with Crippen molar-refractivity contribution in [3.63, 3.8) is 0 Å². The van der Waals surface area contributed by atoms with Crippen LogP contribution < -0.4 is 4.90 Å². The maximum atomic E-state index is 13.9. The van der Waals surface area contributed by atoms with Crippen LogP contribution in [0.15, 0.2) is 46.5 Å². The highest BCUT2D eigenvalue weighted by molar-refractivity contribution is 9.08. The summed E-state index contributed by atoms with van der Waals surface area (Å²) in [6.45, 7) is 9.85. The van der Waals surface area contributed by atoms with Crippen molar-refractivity contribution in [3.05, 3.63) is 59.2 Å². The Hall–Kier alpha value is -2.91. The summed E-state index contributed by atoms with van der Waals surface area (Å²) in [6, 6.07) is 13.9. The second kappa shape index (κ2) is 12.7. The van der Waals surface area contributed by atoms with Gasteiger partial charge in [0.15, 0.2) is 5.78 Å². The first-order chi connectivity index (χ1) is 19.0. The van der Waals surface area contributed by atoms with Gasteiger partial charge in [0.25, 0.3) is 0 Å². The predicted molar refractivity (Wildman–Crippen MR) is 161 cm³/mol. The van der Waals surface area contributed by atoms with Gasteiger partial charge in [-0.25, -0.2) is 4.79 Å². The molecule has 3 atom stereocenters. The lowest BCUT2D eigenvalue weighted by atomic mass is 9.84. The smallest absolute Gasteiger partial charge is 0.329 e. The number of carbonyl (C=O) groups is 2. The van der Waals surface area contributed by atoms with Crippen molar-refractivity contribution in [2.75, 3.05) is 37.7 Å². The first-order valence-electron chi connectivity index (χ1n) is 14.0. The number of rotatable bonds is 10. The number of Topliss-reactive ketones (excluding diaryl/α,β-unsaturated/α-hetero) is 1. The number of amidine groups is 1. The summed E-state index contributed by atoms with van der Waals surface area (Å²) >= 11 is 3.36. The Kier molecular flexibility index (Phi) is 9.56. The minimum atomic E-state index is -1.01. The van der Waals surface area contributed by atoms with Crippen molar-refractivity contribution in [1.82, 2.24) is 4.90 Å². The highest BCUT2D eigenvalue weighted by Crippen LogP contribution is 2.42. The van der Waals surface area contributed by atoms with Gasteiger partial charge in [-0.1, -0.05) is 64.4 Å². The van der Waals surface area contributed by atoms with Crippen molar-refractivity contribution in [3.8, 4) is 5.75 Å². The lowest BCUT2D eigenvalue weighted by molar-refractivity contribution is -0.143. The molecule has 0 radical (unpaired) electrons. The standard InChI is InChI=1S/C31H40BrN3O5/c1-5-9-21-16-35(30(33-32)28(21)20-10-7-6-8-11-20)18-26(36)22-14-24(31(2,3)4)29(39)25(15-22)34-13-12-23(17-34)40-19-27(37)38/h6-8,10-11,14-15,21,23,28,39H,5,9,12-13,16-19H2,1-4H3,(H,37,38)/b33-30-/t21-,23?,28+/m0/s1. The molecule has 2 saturated heterocycles. The van der Waals surface area contributed by atoms with Gasteiger partial charge in [0.2, 0.25) is 0 Å². The van der Waals surface area contributed by atoms with E-state index in [1.165, 1.54) is 5.56 Å². The van der Waals surface area contributed by atoms with Crippen LogP contribution in [0.2, 0.25) is 0 Å².